The maximum absolute atomic E-state index is 15.0. The largest absolute Gasteiger partial charge is 0.508 e. The Kier molecular flexibility index (Phi) is 8.37. The highest BCUT2D eigenvalue weighted by molar-refractivity contribution is 6.01. The first-order valence-electron chi connectivity index (χ1n) is 21.4. The van der Waals surface area contributed by atoms with Crippen molar-refractivity contribution in [1.82, 2.24) is 0 Å². The highest BCUT2D eigenvalue weighted by Crippen LogP contribution is 2.77. The van der Waals surface area contributed by atoms with Crippen LogP contribution in [-0.2, 0) is 19.7 Å². The van der Waals surface area contributed by atoms with Gasteiger partial charge in [0.1, 0.15) is 17.6 Å². The van der Waals surface area contributed by atoms with E-state index in [2.05, 4.69) is 53.7 Å². The van der Waals surface area contributed by atoms with Gasteiger partial charge in [0.15, 0.2) is 5.78 Å². The number of hydrogen-bond donors (Lipinski definition) is 4. The summed E-state index contributed by atoms with van der Waals surface area (Å²) in [5, 5.41) is 35.0. The number of allylic oxidation sites excluding steroid dienone is 2. The van der Waals surface area contributed by atoms with Crippen molar-refractivity contribution in [3.05, 3.63) is 70.8 Å². The summed E-state index contributed by atoms with van der Waals surface area (Å²) in [4.78, 5) is 29.7. The molecule has 6 fully saturated rings. The molecule has 5 saturated carbocycles. The zero-order valence-electron chi connectivity index (χ0n) is 33.9. The van der Waals surface area contributed by atoms with Crippen molar-refractivity contribution in [2.45, 2.75) is 154 Å². The van der Waals surface area contributed by atoms with E-state index in [4.69, 9.17) is 10.5 Å². The van der Waals surface area contributed by atoms with Crippen LogP contribution in [0.3, 0.4) is 0 Å². The Hall–Kier alpha value is -3.00. The molecule has 296 valence electrons. The molecule has 1 saturated heterocycles. The number of phenolic OH excluding ortho intramolecular Hbond substituents is 1. The maximum atomic E-state index is 15.0. The minimum absolute atomic E-state index is 0.123. The van der Waals surface area contributed by atoms with Crippen LogP contribution in [0.4, 0.5) is 5.69 Å². The van der Waals surface area contributed by atoms with Crippen LogP contribution in [0.2, 0.25) is 0 Å². The Morgan fingerprint density at radius 1 is 0.964 bits per heavy atom. The van der Waals surface area contributed by atoms with Crippen molar-refractivity contribution in [3.8, 4) is 5.75 Å². The number of rotatable bonds is 7. The number of carbonyl (C=O) groups excluding carboxylic acids is 2. The van der Waals surface area contributed by atoms with Gasteiger partial charge in [-0.3, -0.25) is 9.59 Å². The maximum Gasteiger partial charge on any atom is 0.160 e. The quantitative estimate of drug-likeness (QED) is 0.165. The fraction of sp³-hybridized carbons (Fsp3) is 0.667. The SMILES string of the molecule is C[C@H](C[C@@H](O)[C@@H]1O[C@]1(C)[C@@H]1CCC[C@@H]1c1cccc(N)c1)C1=C2CCC3[C@]4(C)C[C@@]5(c6cccc(O)c6)CCC[C@@]2(CC1=O)[C@@]3(C)C[C@H](O)C4C(C)(C)C5=O. The molecule has 1 heterocycles. The molecule has 7 heteroatoms. The molecule has 7 nitrogen and oxygen atoms in total. The minimum atomic E-state index is -0.783. The zero-order chi connectivity index (χ0) is 39.1. The van der Waals surface area contributed by atoms with Crippen molar-refractivity contribution >= 4 is 17.3 Å². The molecule has 2 unspecified atom stereocenters. The second-order valence-corrected chi connectivity index (χ2v) is 20.8. The molecule has 0 amide bonds. The normalized spacial score (nSPS) is 44.1. The predicted octanol–water partition coefficient (Wildman–Crippen LogP) is 8.58. The van der Waals surface area contributed by atoms with Gasteiger partial charge in [-0.05, 0) is 140 Å². The summed E-state index contributed by atoms with van der Waals surface area (Å²) in [6.45, 7) is 13.2. The molecular formula is C48H63NO6. The molecule has 2 aromatic carbocycles. The summed E-state index contributed by atoms with van der Waals surface area (Å²) in [7, 11) is 0. The van der Waals surface area contributed by atoms with Gasteiger partial charge in [-0.1, -0.05) is 77.3 Å². The van der Waals surface area contributed by atoms with Crippen LogP contribution in [0.5, 0.6) is 5.75 Å². The lowest BCUT2D eigenvalue weighted by molar-refractivity contribution is -0.225. The number of aliphatic hydroxyl groups excluding tert-OH is 2. The zero-order valence-corrected chi connectivity index (χ0v) is 33.9. The van der Waals surface area contributed by atoms with Crippen molar-refractivity contribution in [3.63, 3.8) is 0 Å². The van der Waals surface area contributed by atoms with Gasteiger partial charge in [0, 0.05) is 28.9 Å². The second kappa shape index (κ2) is 12.3. The molecule has 0 radical (unpaired) electrons. The van der Waals surface area contributed by atoms with E-state index < -0.39 is 34.1 Å². The molecule has 5 N–H and O–H groups in total. The highest BCUT2D eigenvalue weighted by atomic mass is 16.6. The van der Waals surface area contributed by atoms with E-state index >= 15 is 4.79 Å². The summed E-state index contributed by atoms with van der Waals surface area (Å²) in [6, 6.07) is 15.6. The van der Waals surface area contributed by atoms with Gasteiger partial charge >= 0.3 is 0 Å². The van der Waals surface area contributed by atoms with Crippen molar-refractivity contribution in [2.75, 3.05) is 5.73 Å². The number of phenols is 1. The number of nitrogens with two attached hydrogens (primary N) is 1. The fourth-order valence-corrected chi connectivity index (χ4v) is 16.0. The van der Waals surface area contributed by atoms with Crippen LogP contribution in [0.15, 0.2) is 59.7 Å². The summed E-state index contributed by atoms with van der Waals surface area (Å²) in [5.74, 6) is 1.10. The van der Waals surface area contributed by atoms with Crippen molar-refractivity contribution < 1.29 is 29.6 Å². The molecule has 5 bridgehead atoms. The Morgan fingerprint density at radius 2 is 1.73 bits per heavy atom. The molecule has 6 aliphatic carbocycles. The summed E-state index contributed by atoms with van der Waals surface area (Å²) in [6.07, 6.45) is 7.78. The van der Waals surface area contributed by atoms with Crippen molar-refractivity contribution in [1.29, 1.82) is 0 Å². The van der Waals surface area contributed by atoms with E-state index in [9.17, 15) is 20.1 Å². The summed E-state index contributed by atoms with van der Waals surface area (Å²) < 4.78 is 6.48. The molecule has 1 aliphatic heterocycles. The average Bonchev–Trinajstić information content (AvgIpc) is 3.41. The number of hydrogen-bond acceptors (Lipinski definition) is 7. The van der Waals surface area contributed by atoms with Crippen molar-refractivity contribution in [2.24, 2.45) is 45.3 Å². The smallest absolute Gasteiger partial charge is 0.160 e. The molecule has 13 atom stereocenters. The Morgan fingerprint density at radius 3 is 2.47 bits per heavy atom. The van der Waals surface area contributed by atoms with E-state index in [0.29, 0.717) is 43.9 Å². The van der Waals surface area contributed by atoms with Crippen LogP contribution in [-0.4, -0.2) is 50.8 Å². The summed E-state index contributed by atoms with van der Waals surface area (Å²) in [5.41, 5.74) is 8.24. The Bertz CT molecular complexity index is 1970. The van der Waals surface area contributed by atoms with Gasteiger partial charge in [0.25, 0.3) is 0 Å². The second-order valence-electron chi connectivity index (χ2n) is 20.8. The number of ether oxygens (including phenoxy) is 1. The number of aliphatic hydroxyl groups is 2. The van der Waals surface area contributed by atoms with Gasteiger partial charge in [-0.15, -0.1) is 0 Å². The number of carbonyl (C=O) groups is 2. The number of anilines is 1. The van der Waals surface area contributed by atoms with Crippen LogP contribution in [0, 0.1) is 45.3 Å². The predicted molar refractivity (Wildman–Crippen MR) is 213 cm³/mol. The van der Waals surface area contributed by atoms with Gasteiger partial charge in [-0.25, -0.2) is 0 Å². The standard InChI is InChI=1S/C48H63NO6/c1-27(21-35(51)41-46(6,55-41)33-16-9-15-32(33)28-11-7-13-30(49)22-28)39-34-17-18-38-44(4)26-47(29-12-8-14-31(50)23-29)19-10-20-48(34,25-36(39)52)45(38,5)24-37(53)40(44)43(2,3)42(47)54/h7-8,11-14,22-23,27,32-33,35,37-38,40-41,50-51,53H,9-10,15-21,24-26,49H2,1-6H3/t27-,32-,33-,35-,37+,38?,40?,41+,44+,45+,46-,47-,48+/m1/s1. The van der Waals surface area contributed by atoms with E-state index in [-0.39, 0.29) is 52.0 Å². The third-order valence-corrected chi connectivity index (χ3v) is 17.7. The molecule has 0 aromatic heterocycles. The lowest BCUT2D eigenvalue weighted by atomic mass is 9.33. The van der Waals surface area contributed by atoms with Crippen LogP contribution in [0.25, 0.3) is 0 Å². The van der Waals surface area contributed by atoms with Gasteiger partial charge in [0.05, 0.1) is 23.2 Å². The first kappa shape index (κ1) is 37.6. The number of fused-ring (bicyclic) bond motifs is 1. The van der Waals surface area contributed by atoms with E-state index in [1.54, 1.807) is 12.1 Å². The lowest BCUT2D eigenvalue weighted by Gasteiger charge is -2.70. The number of benzene rings is 2. The van der Waals surface area contributed by atoms with Gasteiger partial charge in [0.2, 0.25) is 0 Å². The Labute approximate surface area is 327 Å². The number of epoxide rings is 1. The Balaban J connectivity index is 1.05. The lowest BCUT2D eigenvalue weighted by Crippen LogP contribution is -2.70. The summed E-state index contributed by atoms with van der Waals surface area (Å²) >= 11 is 0. The minimum Gasteiger partial charge on any atom is -0.508 e. The average molecular weight is 750 g/mol. The molecule has 2 aromatic rings. The first-order valence-corrected chi connectivity index (χ1v) is 21.4. The number of nitrogen functional groups attached to an aromatic ring is 1. The topological polar surface area (TPSA) is 133 Å². The molecule has 55 heavy (non-hydrogen) atoms. The molecular weight excluding hydrogens is 687 g/mol. The molecule has 1 spiro atoms. The van der Waals surface area contributed by atoms with E-state index in [1.807, 2.05) is 24.3 Å². The number of aromatic hydroxyl groups is 1. The molecule has 9 rings (SSSR count). The monoisotopic (exact) mass is 749 g/mol. The van der Waals surface area contributed by atoms with Crippen LogP contribution >= 0.6 is 0 Å². The van der Waals surface area contributed by atoms with Crippen LogP contribution in [0.1, 0.15) is 136 Å². The van der Waals surface area contributed by atoms with Gasteiger partial charge in [-0.2, -0.15) is 0 Å². The first-order chi connectivity index (χ1) is 25.9. The number of Topliss-reactive ketones (excluding diaryl/α,β-unsaturated/α-hetero) is 2. The third kappa shape index (κ3) is 5.03. The third-order valence-electron chi connectivity index (χ3n) is 17.7. The van der Waals surface area contributed by atoms with Gasteiger partial charge < -0.3 is 25.8 Å². The molecule has 7 aliphatic rings. The number of ketones is 2. The van der Waals surface area contributed by atoms with Crippen LogP contribution < -0.4 is 5.73 Å². The fourth-order valence-electron chi connectivity index (χ4n) is 16.0. The highest BCUT2D eigenvalue weighted by Gasteiger charge is 2.75. The van der Waals surface area contributed by atoms with E-state index in [0.717, 1.165) is 61.8 Å². The van der Waals surface area contributed by atoms with E-state index in [1.165, 1.54) is 11.1 Å².